The molecule has 1 aliphatic heterocycles. The second kappa shape index (κ2) is 14.0. The third kappa shape index (κ3) is 8.41. The molecule has 1 aliphatic rings. The number of aromatic hydroxyl groups is 1. The molecule has 0 saturated carbocycles. The lowest BCUT2D eigenvalue weighted by atomic mass is 9.90. The molecule has 8 N–H and O–H groups in total. The molecule has 0 radical (unpaired) electrons. The largest absolute Gasteiger partial charge is 0.508 e. The highest BCUT2D eigenvalue weighted by atomic mass is 31.2. The van der Waals surface area contributed by atoms with Crippen molar-refractivity contribution in [2.45, 2.75) is 43.4 Å². The average molecular weight is 631 g/mol. The molecule has 234 valence electrons. The summed E-state index contributed by atoms with van der Waals surface area (Å²) in [6.07, 6.45) is -9.28. The highest BCUT2D eigenvalue weighted by Crippen LogP contribution is 2.43. The Hall–Kier alpha value is -4.30. The van der Waals surface area contributed by atoms with Gasteiger partial charge in [-0.2, -0.15) is 0 Å². The molecule has 4 rings (SSSR count). The Bertz CT molecular complexity index is 1540. The summed E-state index contributed by atoms with van der Waals surface area (Å²) in [4.78, 5) is 58.2. The number of rotatable bonds is 11. The van der Waals surface area contributed by atoms with Crippen LogP contribution in [0.3, 0.4) is 0 Å². The number of phosphoric ester groups is 1. The number of anilines is 2. The van der Waals surface area contributed by atoms with E-state index in [-0.39, 0.29) is 34.7 Å². The molecule has 0 aliphatic carbocycles. The first-order valence-corrected chi connectivity index (χ1v) is 14.8. The smallest absolute Gasteiger partial charge is 0.470 e. The van der Waals surface area contributed by atoms with Gasteiger partial charge < -0.3 is 45.7 Å². The van der Waals surface area contributed by atoms with Crippen LogP contribution in [0.2, 0.25) is 0 Å². The maximum Gasteiger partial charge on any atom is 0.470 e. The van der Waals surface area contributed by atoms with Gasteiger partial charge in [-0.15, -0.1) is 0 Å². The van der Waals surface area contributed by atoms with Crippen molar-refractivity contribution in [3.8, 4) is 5.75 Å². The topological polar surface area (TPSA) is 238 Å². The van der Waals surface area contributed by atoms with E-state index in [0.29, 0.717) is 5.56 Å². The van der Waals surface area contributed by atoms with Crippen molar-refractivity contribution in [1.29, 1.82) is 0 Å². The number of carbonyl (C=O) groups excluding carboxylic acids is 3. The van der Waals surface area contributed by atoms with Crippen LogP contribution in [0.1, 0.15) is 32.7 Å². The predicted octanol–water partition coefficient (Wildman–Crippen LogP) is 1.75. The first kappa shape index (κ1) is 32.6. The fourth-order valence-electron chi connectivity index (χ4n) is 4.65. The third-order valence-corrected chi connectivity index (χ3v) is 7.30. The van der Waals surface area contributed by atoms with Crippen LogP contribution in [-0.2, 0) is 34.5 Å². The number of aliphatic hydroxyl groups is 1. The van der Waals surface area contributed by atoms with Crippen molar-refractivity contribution in [2.24, 2.45) is 0 Å². The van der Waals surface area contributed by atoms with Gasteiger partial charge in [-0.1, -0.05) is 36.4 Å². The average Bonchev–Trinajstić information content (AvgIpc) is 2.96. The van der Waals surface area contributed by atoms with Crippen molar-refractivity contribution >= 4 is 36.9 Å². The van der Waals surface area contributed by atoms with E-state index in [9.17, 15) is 38.9 Å². The molecule has 44 heavy (non-hydrogen) atoms. The number of ketones is 1. The molecule has 3 aromatic carbocycles. The molecule has 0 unspecified atom stereocenters. The molecular weight excluding hydrogens is 599 g/mol. The van der Waals surface area contributed by atoms with E-state index in [1.807, 2.05) is 0 Å². The van der Waals surface area contributed by atoms with E-state index in [1.54, 1.807) is 18.2 Å². The van der Waals surface area contributed by atoms with Crippen molar-refractivity contribution in [3.05, 3.63) is 89.5 Å². The van der Waals surface area contributed by atoms with Gasteiger partial charge in [-0.25, -0.2) is 9.36 Å². The van der Waals surface area contributed by atoms with Crippen molar-refractivity contribution in [2.75, 3.05) is 18.1 Å². The molecule has 14 nitrogen and oxygen atoms in total. The van der Waals surface area contributed by atoms with Gasteiger partial charge in [0, 0.05) is 23.4 Å². The van der Waals surface area contributed by atoms with Crippen LogP contribution < -0.4 is 11.5 Å². The number of aliphatic hydroxyl groups excluding tert-OH is 1. The number of nitrogens with two attached hydrogens (primary N) is 2. The Labute approximate surface area is 251 Å². The minimum atomic E-state index is -5.34. The number of phenols is 1. The fraction of sp³-hybridized carbons (Fsp3) is 0.276. The van der Waals surface area contributed by atoms with Crippen molar-refractivity contribution in [1.82, 2.24) is 0 Å². The summed E-state index contributed by atoms with van der Waals surface area (Å²) in [6, 6.07) is 17.7. The molecule has 1 fully saturated rings. The first-order valence-electron chi connectivity index (χ1n) is 13.3. The van der Waals surface area contributed by atoms with E-state index in [0.717, 1.165) is 0 Å². The number of para-hydroxylation sites is 2. The van der Waals surface area contributed by atoms with Gasteiger partial charge in [-0.05, 0) is 42.0 Å². The summed E-state index contributed by atoms with van der Waals surface area (Å²) in [5, 5.41) is 20.5. The standard InChI is InChI=1S/C29H31N2O12P/c30-20-7-3-1-5-18(20)22(33)14-23-27(42-29(36)19-6-2-4-8-21(19)31)28(43-44(37,38)39)26(35)24(41-23)15-40-25(34)13-16-9-11-17(32)12-10-16/h1-12,23-24,26-28,32,35H,13-15,30-31H2,(H2,37,38,39)/t23-,24+,26+,27-,28-/m0/s1. The lowest BCUT2D eigenvalue weighted by Gasteiger charge is -2.43. The highest BCUT2D eigenvalue weighted by Gasteiger charge is 2.51. The molecule has 0 spiro atoms. The molecule has 15 heteroatoms. The van der Waals surface area contributed by atoms with Gasteiger partial charge in [0.25, 0.3) is 0 Å². The number of phenolic OH excluding ortho intramolecular Hbond substituents is 1. The Balaban J connectivity index is 1.62. The second-order valence-corrected chi connectivity index (χ2v) is 11.2. The van der Waals surface area contributed by atoms with Crippen LogP contribution >= 0.6 is 7.82 Å². The number of phosphoric acid groups is 1. The third-order valence-electron chi connectivity index (χ3n) is 6.78. The number of hydrogen-bond donors (Lipinski definition) is 6. The van der Waals surface area contributed by atoms with E-state index in [1.165, 1.54) is 54.6 Å². The second-order valence-electron chi connectivity index (χ2n) is 9.96. The molecule has 5 atom stereocenters. The van der Waals surface area contributed by atoms with E-state index >= 15 is 0 Å². The number of hydrogen-bond acceptors (Lipinski definition) is 12. The summed E-state index contributed by atoms with van der Waals surface area (Å²) >= 11 is 0. The van der Waals surface area contributed by atoms with Crippen LogP contribution in [0.5, 0.6) is 5.75 Å². The van der Waals surface area contributed by atoms with E-state index < -0.39 is 69.1 Å². The van der Waals surface area contributed by atoms with Crippen LogP contribution in [0.15, 0.2) is 72.8 Å². The molecule has 0 aromatic heterocycles. The number of Topliss-reactive ketones (excluding diaryl/α,β-unsaturated/α-hetero) is 1. The van der Waals surface area contributed by atoms with Gasteiger partial charge in [0.2, 0.25) is 0 Å². The van der Waals surface area contributed by atoms with Crippen molar-refractivity contribution < 1.29 is 57.7 Å². The summed E-state index contributed by atoms with van der Waals surface area (Å²) in [7, 11) is -5.34. The lowest BCUT2D eigenvalue weighted by Crippen LogP contribution is -2.61. The number of ether oxygens (including phenoxy) is 3. The van der Waals surface area contributed by atoms with Gasteiger partial charge in [0.15, 0.2) is 11.9 Å². The van der Waals surface area contributed by atoms with Crippen molar-refractivity contribution in [3.63, 3.8) is 0 Å². The molecular formula is C29H31N2O12P. The highest BCUT2D eigenvalue weighted by molar-refractivity contribution is 7.46. The van der Waals surface area contributed by atoms with E-state index in [4.69, 9.17) is 30.2 Å². The number of esters is 2. The van der Waals surface area contributed by atoms with Gasteiger partial charge in [0.05, 0.1) is 12.0 Å². The summed E-state index contributed by atoms with van der Waals surface area (Å²) in [5.41, 5.74) is 12.5. The fourth-order valence-corrected chi connectivity index (χ4v) is 5.21. The minimum Gasteiger partial charge on any atom is -0.508 e. The summed E-state index contributed by atoms with van der Waals surface area (Å²) < 4.78 is 33.6. The quantitative estimate of drug-likeness (QED) is 0.0766. The molecule has 0 amide bonds. The Morgan fingerprint density at radius 2 is 1.43 bits per heavy atom. The molecule has 1 heterocycles. The summed E-state index contributed by atoms with van der Waals surface area (Å²) in [5.74, 6) is -2.38. The maximum atomic E-state index is 13.3. The van der Waals surface area contributed by atoms with Crippen LogP contribution in [-0.4, -0.2) is 74.8 Å². The lowest BCUT2D eigenvalue weighted by molar-refractivity contribution is -0.227. The summed E-state index contributed by atoms with van der Waals surface area (Å²) in [6.45, 7) is -0.621. The van der Waals surface area contributed by atoms with Gasteiger partial charge in [0.1, 0.15) is 36.8 Å². The minimum absolute atomic E-state index is 0.00000324. The zero-order valence-electron chi connectivity index (χ0n) is 23.1. The number of carbonyl (C=O) groups is 3. The first-order chi connectivity index (χ1) is 20.8. The zero-order chi connectivity index (χ0) is 32.0. The van der Waals surface area contributed by atoms with Crippen LogP contribution in [0.4, 0.5) is 11.4 Å². The Morgan fingerprint density at radius 1 is 0.841 bits per heavy atom. The predicted molar refractivity (Wildman–Crippen MR) is 154 cm³/mol. The molecule has 0 bridgehead atoms. The molecule has 1 saturated heterocycles. The van der Waals surface area contributed by atoms with Crippen LogP contribution in [0, 0.1) is 0 Å². The van der Waals surface area contributed by atoms with E-state index in [2.05, 4.69) is 0 Å². The van der Waals surface area contributed by atoms with Gasteiger partial charge in [-0.3, -0.25) is 14.1 Å². The van der Waals surface area contributed by atoms with Crippen LogP contribution in [0.25, 0.3) is 0 Å². The molecule has 3 aromatic rings. The zero-order valence-corrected chi connectivity index (χ0v) is 24.0. The SMILES string of the molecule is Nc1ccccc1C(=O)C[C@@H]1O[C@H](COC(=O)Cc2ccc(O)cc2)[C@@H](O)[C@H](OP(=O)(O)O)[C@H]1OC(=O)c1ccccc1N. The Kier molecular flexibility index (Phi) is 10.4. The maximum absolute atomic E-state index is 13.3. The number of benzene rings is 3. The number of nitrogen functional groups attached to an aromatic ring is 2. The normalized spacial score (nSPS) is 21.8. The Morgan fingerprint density at radius 3 is 2.02 bits per heavy atom. The monoisotopic (exact) mass is 630 g/mol. The van der Waals surface area contributed by atoms with Gasteiger partial charge >= 0.3 is 19.8 Å².